The van der Waals surface area contributed by atoms with Crippen LogP contribution in [0.2, 0.25) is 5.15 Å². The van der Waals surface area contributed by atoms with Gasteiger partial charge in [0, 0.05) is 17.6 Å². The van der Waals surface area contributed by atoms with E-state index in [-0.39, 0.29) is 11.1 Å². The molecule has 3 nitrogen and oxygen atoms in total. The SMILES string of the molecule is Oc1cc2ccnc(Cl)c2o1. The highest BCUT2D eigenvalue weighted by Crippen LogP contribution is 2.27. The number of aromatic nitrogens is 1. The molecule has 0 aliphatic carbocycles. The van der Waals surface area contributed by atoms with Crippen LogP contribution in [0, 0.1) is 0 Å². The molecule has 0 unspecified atom stereocenters. The molecule has 0 atom stereocenters. The molecule has 2 rings (SSSR count). The summed E-state index contributed by atoms with van der Waals surface area (Å²) in [6, 6.07) is 3.20. The van der Waals surface area contributed by atoms with Crippen molar-refractivity contribution >= 4 is 22.6 Å². The fourth-order valence-corrected chi connectivity index (χ4v) is 1.12. The third kappa shape index (κ3) is 0.935. The van der Waals surface area contributed by atoms with E-state index >= 15 is 0 Å². The monoisotopic (exact) mass is 169 g/mol. The first-order valence-corrected chi connectivity index (χ1v) is 3.38. The zero-order chi connectivity index (χ0) is 7.84. The second kappa shape index (κ2) is 2.13. The number of fused-ring (bicyclic) bond motifs is 1. The number of rotatable bonds is 0. The van der Waals surface area contributed by atoms with Crippen LogP contribution < -0.4 is 0 Å². The van der Waals surface area contributed by atoms with E-state index in [1.54, 1.807) is 12.3 Å². The van der Waals surface area contributed by atoms with E-state index in [1.807, 2.05) is 0 Å². The third-order valence-electron chi connectivity index (χ3n) is 1.38. The maximum atomic E-state index is 8.93. The Morgan fingerprint density at radius 3 is 3.09 bits per heavy atom. The Labute approximate surface area is 67.2 Å². The van der Waals surface area contributed by atoms with Gasteiger partial charge in [0.25, 0.3) is 5.95 Å². The number of nitrogens with zero attached hydrogens (tertiary/aromatic N) is 1. The van der Waals surface area contributed by atoms with Gasteiger partial charge < -0.3 is 9.52 Å². The average Bonchev–Trinajstić information content (AvgIpc) is 2.31. The van der Waals surface area contributed by atoms with Gasteiger partial charge >= 0.3 is 0 Å². The average molecular weight is 170 g/mol. The number of hydrogen-bond acceptors (Lipinski definition) is 3. The molecule has 2 heterocycles. The highest BCUT2D eigenvalue weighted by atomic mass is 35.5. The molecule has 0 saturated heterocycles. The van der Waals surface area contributed by atoms with Gasteiger partial charge in [-0.25, -0.2) is 4.98 Å². The molecule has 0 spiro atoms. The highest BCUT2D eigenvalue weighted by Gasteiger charge is 2.05. The molecule has 56 valence electrons. The molecule has 0 aliphatic heterocycles. The molecule has 0 bridgehead atoms. The van der Waals surface area contributed by atoms with E-state index in [0.29, 0.717) is 5.58 Å². The topological polar surface area (TPSA) is 46.3 Å². The lowest BCUT2D eigenvalue weighted by Crippen LogP contribution is -1.71. The van der Waals surface area contributed by atoms with Crippen molar-refractivity contribution in [1.29, 1.82) is 0 Å². The molecule has 0 fully saturated rings. The van der Waals surface area contributed by atoms with Gasteiger partial charge in [0.15, 0.2) is 10.7 Å². The Balaban J connectivity index is 2.90. The van der Waals surface area contributed by atoms with Gasteiger partial charge in [-0.3, -0.25) is 0 Å². The number of halogens is 1. The Morgan fingerprint density at radius 1 is 1.55 bits per heavy atom. The first kappa shape index (κ1) is 6.49. The Kier molecular flexibility index (Phi) is 1.26. The number of hydrogen-bond donors (Lipinski definition) is 1. The maximum absolute atomic E-state index is 8.93. The molecule has 1 N–H and O–H groups in total. The van der Waals surface area contributed by atoms with Crippen LogP contribution in [-0.4, -0.2) is 10.1 Å². The van der Waals surface area contributed by atoms with E-state index in [0.717, 1.165) is 5.39 Å². The minimum Gasteiger partial charge on any atom is -0.481 e. The van der Waals surface area contributed by atoms with Crippen molar-refractivity contribution in [2.24, 2.45) is 0 Å². The molecule has 2 aromatic rings. The predicted molar refractivity (Wildman–Crippen MR) is 40.7 cm³/mol. The summed E-state index contributed by atoms with van der Waals surface area (Å²) in [7, 11) is 0. The summed E-state index contributed by atoms with van der Waals surface area (Å²) in [6.07, 6.45) is 1.56. The zero-order valence-electron chi connectivity index (χ0n) is 5.41. The van der Waals surface area contributed by atoms with Crippen molar-refractivity contribution < 1.29 is 9.52 Å². The Morgan fingerprint density at radius 2 is 2.36 bits per heavy atom. The smallest absolute Gasteiger partial charge is 0.283 e. The summed E-state index contributed by atoms with van der Waals surface area (Å²) in [4.78, 5) is 3.78. The van der Waals surface area contributed by atoms with Crippen LogP contribution in [0.1, 0.15) is 0 Å². The van der Waals surface area contributed by atoms with Crippen LogP contribution in [0.15, 0.2) is 22.7 Å². The van der Waals surface area contributed by atoms with Crippen molar-refractivity contribution in [2.45, 2.75) is 0 Å². The second-order valence-electron chi connectivity index (χ2n) is 2.10. The van der Waals surface area contributed by atoms with Gasteiger partial charge in [-0.2, -0.15) is 0 Å². The van der Waals surface area contributed by atoms with Gasteiger partial charge in [0.2, 0.25) is 0 Å². The lowest BCUT2D eigenvalue weighted by atomic mass is 10.3. The fraction of sp³-hybridized carbons (Fsp3) is 0. The molecule has 0 aliphatic rings. The van der Waals surface area contributed by atoms with Crippen LogP contribution in [0.3, 0.4) is 0 Å². The number of furan rings is 1. The van der Waals surface area contributed by atoms with Crippen molar-refractivity contribution in [1.82, 2.24) is 4.98 Å². The van der Waals surface area contributed by atoms with Crippen molar-refractivity contribution in [3.8, 4) is 5.95 Å². The molecule has 0 radical (unpaired) electrons. The number of pyridine rings is 1. The Hall–Kier alpha value is -1.22. The minimum atomic E-state index is -0.144. The van der Waals surface area contributed by atoms with Crippen molar-refractivity contribution in [3.63, 3.8) is 0 Å². The molecule has 2 aromatic heterocycles. The molecular formula is C7H4ClNO2. The summed E-state index contributed by atoms with van der Waals surface area (Å²) >= 11 is 5.65. The molecular weight excluding hydrogens is 166 g/mol. The summed E-state index contributed by atoms with van der Waals surface area (Å²) in [6.45, 7) is 0. The lowest BCUT2D eigenvalue weighted by Gasteiger charge is -1.87. The normalized spacial score (nSPS) is 10.6. The van der Waals surface area contributed by atoms with Crippen LogP contribution >= 0.6 is 11.6 Å². The molecule has 0 amide bonds. The third-order valence-corrected chi connectivity index (χ3v) is 1.65. The van der Waals surface area contributed by atoms with Crippen LogP contribution in [0.25, 0.3) is 11.0 Å². The summed E-state index contributed by atoms with van der Waals surface area (Å²) in [5.41, 5.74) is 0.423. The van der Waals surface area contributed by atoms with Crippen molar-refractivity contribution in [3.05, 3.63) is 23.5 Å². The minimum absolute atomic E-state index is 0.144. The predicted octanol–water partition coefficient (Wildman–Crippen LogP) is 2.19. The van der Waals surface area contributed by atoms with E-state index < -0.39 is 0 Å². The fourth-order valence-electron chi connectivity index (χ4n) is 0.918. The number of aromatic hydroxyl groups is 1. The summed E-state index contributed by atoms with van der Waals surface area (Å²) < 4.78 is 4.86. The second-order valence-corrected chi connectivity index (χ2v) is 2.46. The summed E-state index contributed by atoms with van der Waals surface area (Å²) in [5.74, 6) is -0.144. The zero-order valence-corrected chi connectivity index (χ0v) is 6.17. The van der Waals surface area contributed by atoms with E-state index in [1.165, 1.54) is 6.07 Å². The first-order chi connectivity index (χ1) is 5.27. The van der Waals surface area contributed by atoms with Gasteiger partial charge in [0.1, 0.15) is 0 Å². The van der Waals surface area contributed by atoms with Crippen LogP contribution in [0.4, 0.5) is 0 Å². The van der Waals surface area contributed by atoms with Crippen LogP contribution in [0.5, 0.6) is 5.95 Å². The molecule has 0 aromatic carbocycles. The largest absolute Gasteiger partial charge is 0.481 e. The quantitative estimate of drug-likeness (QED) is 0.615. The van der Waals surface area contributed by atoms with Gasteiger partial charge in [-0.05, 0) is 6.07 Å². The molecule has 0 saturated carbocycles. The highest BCUT2D eigenvalue weighted by molar-refractivity contribution is 6.33. The van der Waals surface area contributed by atoms with Gasteiger partial charge in [0.05, 0.1) is 0 Å². The van der Waals surface area contributed by atoms with E-state index in [9.17, 15) is 0 Å². The van der Waals surface area contributed by atoms with Crippen LogP contribution in [-0.2, 0) is 0 Å². The standard InChI is InChI=1S/C7H4ClNO2/c8-7-6-4(1-2-9-7)3-5(10)11-6/h1-3,10H. The first-order valence-electron chi connectivity index (χ1n) is 3.00. The van der Waals surface area contributed by atoms with E-state index in [4.69, 9.17) is 21.1 Å². The maximum Gasteiger partial charge on any atom is 0.283 e. The van der Waals surface area contributed by atoms with Crippen molar-refractivity contribution in [2.75, 3.05) is 0 Å². The van der Waals surface area contributed by atoms with E-state index in [2.05, 4.69) is 4.98 Å². The molecule has 11 heavy (non-hydrogen) atoms. The Bertz CT molecular complexity index is 396. The molecule has 4 heteroatoms. The lowest BCUT2D eigenvalue weighted by molar-refractivity contribution is 0.346. The van der Waals surface area contributed by atoms with Gasteiger partial charge in [-0.15, -0.1) is 0 Å². The van der Waals surface area contributed by atoms with Gasteiger partial charge in [-0.1, -0.05) is 11.6 Å². The summed E-state index contributed by atoms with van der Waals surface area (Å²) in [5, 5.41) is 9.95.